The predicted molar refractivity (Wildman–Crippen MR) is 82.5 cm³/mol. The number of hydrogen-bond donors (Lipinski definition) is 1. The van der Waals surface area contributed by atoms with Crippen LogP contribution in [-0.2, 0) is 9.84 Å². The Kier molecular flexibility index (Phi) is 5.18. The molecule has 112 valence electrons. The molecule has 2 atom stereocenters. The third kappa shape index (κ3) is 4.04. The summed E-state index contributed by atoms with van der Waals surface area (Å²) in [6, 6.07) is 10.8. The molecule has 2 unspecified atom stereocenters. The maximum absolute atomic E-state index is 11.6. The van der Waals surface area contributed by atoms with Crippen LogP contribution in [0.15, 0.2) is 30.3 Å². The lowest BCUT2D eigenvalue weighted by molar-refractivity contribution is 0.215. The van der Waals surface area contributed by atoms with Crippen LogP contribution in [0.4, 0.5) is 0 Å². The Labute approximate surface area is 122 Å². The minimum atomic E-state index is -2.82. The lowest BCUT2D eigenvalue weighted by atomic mass is 10.0. The minimum absolute atomic E-state index is 0.127. The highest BCUT2D eigenvalue weighted by atomic mass is 32.2. The van der Waals surface area contributed by atoms with Crippen molar-refractivity contribution in [1.29, 1.82) is 0 Å². The van der Waals surface area contributed by atoms with Gasteiger partial charge in [0.15, 0.2) is 9.84 Å². The van der Waals surface area contributed by atoms with Gasteiger partial charge in [0, 0.05) is 25.2 Å². The molecular formula is C15H24N2O2S. The second kappa shape index (κ2) is 6.70. The molecule has 0 aliphatic carbocycles. The third-order valence-electron chi connectivity index (χ3n) is 4.06. The Hall–Kier alpha value is -0.910. The van der Waals surface area contributed by atoms with Crippen molar-refractivity contribution in [3.8, 4) is 0 Å². The summed E-state index contributed by atoms with van der Waals surface area (Å²) in [5.41, 5.74) is 1.28. The smallest absolute Gasteiger partial charge is 0.153 e. The summed E-state index contributed by atoms with van der Waals surface area (Å²) >= 11 is 0. The fourth-order valence-corrected chi connectivity index (χ4v) is 4.45. The van der Waals surface area contributed by atoms with Crippen LogP contribution in [0.1, 0.15) is 24.9 Å². The summed E-state index contributed by atoms with van der Waals surface area (Å²) in [5, 5.41) is 3.34. The second-order valence-corrected chi connectivity index (χ2v) is 7.77. The SMILES string of the molecule is CNC(CCN1CCS(=O)(=O)CC1C)c1ccccc1. The highest BCUT2D eigenvalue weighted by Gasteiger charge is 2.28. The average molecular weight is 296 g/mol. The van der Waals surface area contributed by atoms with E-state index in [4.69, 9.17) is 0 Å². The molecule has 1 heterocycles. The van der Waals surface area contributed by atoms with E-state index in [1.54, 1.807) is 0 Å². The molecule has 0 bridgehead atoms. The predicted octanol–water partition coefficient (Wildman–Crippen LogP) is 1.46. The standard InChI is InChI=1S/C15H24N2O2S/c1-13-12-20(18,19)11-10-17(13)9-8-15(16-2)14-6-4-3-5-7-14/h3-7,13,15-16H,8-12H2,1-2H3. The van der Waals surface area contributed by atoms with Gasteiger partial charge in [0.2, 0.25) is 0 Å². The highest BCUT2D eigenvalue weighted by Crippen LogP contribution is 2.19. The molecule has 1 aromatic carbocycles. The van der Waals surface area contributed by atoms with Gasteiger partial charge >= 0.3 is 0 Å². The van der Waals surface area contributed by atoms with E-state index in [0.29, 0.717) is 24.1 Å². The van der Waals surface area contributed by atoms with E-state index in [9.17, 15) is 8.42 Å². The minimum Gasteiger partial charge on any atom is -0.313 e. The molecule has 0 radical (unpaired) electrons. The number of rotatable bonds is 5. The first-order valence-corrected chi connectivity index (χ1v) is 9.00. The Morgan fingerprint density at radius 3 is 2.65 bits per heavy atom. The van der Waals surface area contributed by atoms with Gasteiger partial charge in [-0.15, -0.1) is 0 Å². The van der Waals surface area contributed by atoms with E-state index in [2.05, 4.69) is 34.5 Å². The molecule has 0 saturated carbocycles. The van der Waals surface area contributed by atoms with Gasteiger partial charge in [0.05, 0.1) is 11.5 Å². The van der Waals surface area contributed by atoms with Crippen LogP contribution in [0, 0.1) is 0 Å². The molecule has 5 heteroatoms. The fraction of sp³-hybridized carbons (Fsp3) is 0.600. The molecule has 0 spiro atoms. The molecule has 1 aromatic rings. The molecule has 0 aromatic heterocycles. The van der Waals surface area contributed by atoms with Crippen molar-refractivity contribution in [2.24, 2.45) is 0 Å². The first-order chi connectivity index (χ1) is 9.52. The summed E-state index contributed by atoms with van der Waals surface area (Å²) in [6.45, 7) is 3.60. The maximum Gasteiger partial charge on any atom is 0.153 e. The zero-order valence-electron chi connectivity index (χ0n) is 12.2. The zero-order chi connectivity index (χ0) is 14.6. The maximum atomic E-state index is 11.6. The number of nitrogens with zero attached hydrogens (tertiary/aromatic N) is 1. The van der Waals surface area contributed by atoms with E-state index in [0.717, 1.165) is 13.0 Å². The molecule has 1 aliphatic heterocycles. The Morgan fingerprint density at radius 2 is 2.05 bits per heavy atom. The Morgan fingerprint density at radius 1 is 1.35 bits per heavy atom. The Balaban J connectivity index is 1.91. The van der Waals surface area contributed by atoms with Gasteiger partial charge in [-0.25, -0.2) is 8.42 Å². The van der Waals surface area contributed by atoms with Crippen LogP contribution in [0.3, 0.4) is 0 Å². The van der Waals surface area contributed by atoms with Crippen molar-refractivity contribution in [2.45, 2.75) is 25.4 Å². The van der Waals surface area contributed by atoms with Crippen LogP contribution < -0.4 is 5.32 Å². The summed E-state index contributed by atoms with van der Waals surface area (Å²) in [4.78, 5) is 2.29. The van der Waals surface area contributed by atoms with Crippen LogP contribution >= 0.6 is 0 Å². The summed E-state index contributed by atoms with van der Waals surface area (Å²) < 4.78 is 23.2. The van der Waals surface area contributed by atoms with Crippen molar-refractivity contribution < 1.29 is 8.42 Å². The molecule has 1 saturated heterocycles. The van der Waals surface area contributed by atoms with Gasteiger partial charge in [0.25, 0.3) is 0 Å². The number of hydrogen-bond acceptors (Lipinski definition) is 4. The quantitative estimate of drug-likeness (QED) is 0.893. The highest BCUT2D eigenvalue weighted by molar-refractivity contribution is 7.91. The van der Waals surface area contributed by atoms with E-state index >= 15 is 0 Å². The second-order valence-electron chi connectivity index (χ2n) is 5.54. The van der Waals surface area contributed by atoms with Crippen LogP contribution in [0.5, 0.6) is 0 Å². The van der Waals surface area contributed by atoms with Crippen LogP contribution in [0.25, 0.3) is 0 Å². The van der Waals surface area contributed by atoms with Crippen molar-refractivity contribution in [2.75, 3.05) is 31.6 Å². The largest absolute Gasteiger partial charge is 0.313 e. The van der Waals surface area contributed by atoms with Gasteiger partial charge in [-0.1, -0.05) is 30.3 Å². The average Bonchev–Trinajstić information content (AvgIpc) is 2.42. The summed E-state index contributed by atoms with van der Waals surface area (Å²) in [5.74, 6) is 0.593. The first kappa shape index (κ1) is 15.5. The molecule has 20 heavy (non-hydrogen) atoms. The Bertz CT molecular complexity index is 516. The van der Waals surface area contributed by atoms with Gasteiger partial charge < -0.3 is 5.32 Å². The molecule has 1 fully saturated rings. The number of benzene rings is 1. The van der Waals surface area contributed by atoms with Gasteiger partial charge in [-0.05, 0) is 26.0 Å². The van der Waals surface area contributed by atoms with E-state index < -0.39 is 9.84 Å². The van der Waals surface area contributed by atoms with Crippen molar-refractivity contribution in [1.82, 2.24) is 10.2 Å². The van der Waals surface area contributed by atoms with Gasteiger partial charge in [0.1, 0.15) is 0 Å². The monoisotopic (exact) mass is 296 g/mol. The molecule has 0 amide bonds. The van der Waals surface area contributed by atoms with Crippen molar-refractivity contribution in [3.05, 3.63) is 35.9 Å². The lowest BCUT2D eigenvalue weighted by Gasteiger charge is -2.34. The van der Waals surface area contributed by atoms with E-state index in [1.807, 2.05) is 20.0 Å². The molecule has 1 aliphatic rings. The van der Waals surface area contributed by atoms with Gasteiger partial charge in [-0.2, -0.15) is 0 Å². The fourth-order valence-electron chi connectivity index (χ4n) is 2.82. The topological polar surface area (TPSA) is 49.4 Å². The number of nitrogens with one attached hydrogen (secondary N) is 1. The first-order valence-electron chi connectivity index (χ1n) is 7.18. The van der Waals surface area contributed by atoms with Crippen LogP contribution in [-0.4, -0.2) is 51.0 Å². The summed E-state index contributed by atoms with van der Waals surface area (Å²) in [7, 11) is -0.844. The molecule has 1 N–H and O–H groups in total. The lowest BCUT2D eigenvalue weighted by Crippen LogP contribution is -2.47. The van der Waals surface area contributed by atoms with Crippen LogP contribution in [0.2, 0.25) is 0 Å². The molecular weight excluding hydrogens is 272 g/mol. The summed E-state index contributed by atoms with van der Waals surface area (Å²) in [6.07, 6.45) is 0.991. The van der Waals surface area contributed by atoms with E-state index in [1.165, 1.54) is 5.56 Å². The molecule has 4 nitrogen and oxygen atoms in total. The van der Waals surface area contributed by atoms with E-state index in [-0.39, 0.29) is 6.04 Å². The normalized spacial score (nSPS) is 24.4. The van der Waals surface area contributed by atoms with Crippen molar-refractivity contribution in [3.63, 3.8) is 0 Å². The van der Waals surface area contributed by atoms with Gasteiger partial charge in [-0.3, -0.25) is 4.90 Å². The zero-order valence-corrected chi connectivity index (χ0v) is 13.1. The van der Waals surface area contributed by atoms with Crippen molar-refractivity contribution >= 4 is 9.84 Å². The number of sulfone groups is 1. The third-order valence-corrected chi connectivity index (χ3v) is 5.86. The molecule has 2 rings (SSSR count).